The Hall–Kier alpha value is -1.55. The highest BCUT2D eigenvalue weighted by Crippen LogP contribution is 2.32. The zero-order chi connectivity index (χ0) is 21.6. The predicted octanol–water partition coefficient (Wildman–Crippen LogP) is 3.51. The fourth-order valence-corrected chi connectivity index (χ4v) is 3.31. The summed E-state index contributed by atoms with van der Waals surface area (Å²) in [6.45, 7) is 11.8. The third-order valence-corrected chi connectivity index (χ3v) is 4.97. The van der Waals surface area contributed by atoms with Gasteiger partial charge in [-0.25, -0.2) is 0 Å². The second-order valence-corrected chi connectivity index (χ2v) is 7.20. The molecule has 0 N–H and O–H groups in total. The van der Waals surface area contributed by atoms with Gasteiger partial charge in [0.05, 0.1) is 0 Å². The highest BCUT2D eigenvalue weighted by Gasteiger charge is 2.24. The van der Waals surface area contributed by atoms with Crippen LogP contribution in [-0.2, 0) is 18.9 Å². The highest BCUT2D eigenvalue weighted by atomic mass is 16.5. The fraction of sp³-hybridized carbons (Fsp3) is 0.857. The number of rotatable bonds is 15. The van der Waals surface area contributed by atoms with Gasteiger partial charge in [-0.15, -0.1) is 0 Å². The lowest BCUT2D eigenvalue weighted by Gasteiger charge is -2.28. The van der Waals surface area contributed by atoms with Gasteiger partial charge in [-0.3, -0.25) is 9.80 Å². The standard InChI is InChI=1S/C21H39N5O4/c1-5-27-14-25(15-28-6-2)20-22-19(18-12-10-9-11-13-18)23-21(24-20)26(16-29-7-3)17-30-8-4/h18H,5-17H2,1-4H3. The van der Waals surface area contributed by atoms with Gasteiger partial charge in [0.1, 0.15) is 32.7 Å². The maximum atomic E-state index is 5.65. The zero-order valence-electron chi connectivity index (χ0n) is 19.1. The molecular formula is C21H39N5O4. The van der Waals surface area contributed by atoms with Crippen molar-refractivity contribution in [2.24, 2.45) is 0 Å². The van der Waals surface area contributed by atoms with E-state index in [1.807, 2.05) is 37.5 Å². The monoisotopic (exact) mass is 425 g/mol. The molecule has 0 aliphatic heterocycles. The lowest BCUT2D eigenvalue weighted by atomic mass is 9.89. The van der Waals surface area contributed by atoms with Crippen LogP contribution in [0.25, 0.3) is 0 Å². The SMILES string of the molecule is CCOCN(COCC)c1nc(C2CCCCC2)nc(N(COCC)COCC)n1. The van der Waals surface area contributed by atoms with Gasteiger partial charge in [0, 0.05) is 32.3 Å². The van der Waals surface area contributed by atoms with Gasteiger partial charge < -0.3 is 18.9 Å². The summed E-state index contributed by atoms with van der Waals surface area (Å²) in [7, 11) is 0. The Morgan fingerprint density at radius 1 is 0.633 bits per heavy atom. The minimum absolute atomic E-state index is 0.348. The molecule has 0 saturated heterocycles. The first-order valence-electron chi connectivity index (χ1n) is 11.3. The lowest BCUT2D eigenvalue weighted by molar-refractivity contribution is 0.0926. The van der Waals surface area contributed by atoms with Crippen LogP contribution in [0.3, 0.4) is 0 Å². The molecule has 172 valence electrons. The molecule has 0 bridgehead atoms. The molecule has 9 heteroatoms. The first kappa shape index (κ1) is 24.7. The van der Waals surface area contributed by atoms with Crippen molar-refractivity contribution in [3.8, 4) is 0 Å². The van der Waals surface area contributed by atoms with E-state index in [2.05, 4.69) is 0 Å². The Labute approximate surface area is 181 Å². The average molecular weight is 426 g/mol. The lowest BCUT2D eigenvalue weighted by Crippen LogP contribution is -2.35. The first-order chi connectivity index (χ1) is 14.7. The van der Waals surface area contributed by atoms with E-state index in [0.717, 1.165) is 18.7 Å². The van der Waals surface area contributed by atoms with Crippen molar-refractivity contribution in [3.63, 3.8) is 0 Å². The molecule has 0 spiro atoms. The Kier molecular flexibility index (Phi) is 11.9. The molecule has 1 heterocycles. The number of aromatic nitrogens is 3. The van der Waals surface area contributed by atoms with Gasteiger partial charge in [-0.2, -0.15) is 15.0 Å². The Morgan fingerprint density at radius 2 is 1.03 bits per heavy atom. The Balaban J connectivity index is 2.37. The third kappa shape index (κ3) is 7.94. The minimum Gasteiger partial charge on any atom is -0.361 e. The molecule has 0 aromatic carbocycles. The second-order valence-electron chi connectivity index (χ2n) is 7.20. The molecule has 1 aromatic rings. The van der Waals surface area contributed by atoms with E-state index in [4.69, 9.17) is 33.9 Å². The number of nitrogens with zero attached hydrogens (tertiary/aromatic N) is 5. The molecule has 0 unspecified atom stereocenters. The molecule has 1 saturated carbocycles. The molecule has 0 radical (unpaired) electrons. The summed E-state index contributed by atoms with van der Waals surface area (Å²) >= 11 is 0. The van der Waals surface area contributed by atoms with E-state index < -0.39 is 0 Å². The maximum absolute atomic E-state index is 5.65. The van der Waals surface area contributed by atoms with Crippen molar-refractivity contribution in [1.82, 2.24) is 15.0 Å². The predicted molar refractivity (Wildman–Crippen MR) is 117 cm³/mol. The van der Waals surface area contributed by atoms with Gasteiger partial charge in [0.2, 0.25) is 11.9 Å². The zero-order valence-corrected chi connectivity index (χ0v) is 19.1. The highest BCUT2D eigenvalue weighted by molar-refractivity contribution is 5.39. The van der Waals surface area contributed by atoms with Gasteiger partial charge in [-0.1, -0.05) is 19.3 Å². The van der Waals surface area contributed by atoms with Crippen molar-refractivity contribution >= 4 is 11.9 Å². The van der Waals surface area contributed by atoms with E-state index in [0.29, 0.717) is 71.2 Å². The van der Waals surface area contributed by atoms with Crippen molar-refractivity contribution in [2.75, 3.05) is 63.2 Å². The summed E-state index contributed by atoms with van der Waals surface area (Å²) < 4.78 is 22.6. The van der Waals surface area contributed by atoms with Crippen LogP contribution in [0, 0.1) is 0 Å². The van der Waals surface area contributed by atoms with E-state index in [1.165, 1.54) is 19.3 Å². The molecule has 2 rings (SSSR count). The molecule has 1 aromatic heterocycles. The quantitative estimate of drug-likeness (QED) is 0.392. The van der Waals surface area contributed by atoms with Crippen LogP contribution < -0.4 is 9.80 Å². The molecule has 1 fully saturated rings. The van der Waals surface area contributed by atoms with Gasteiger partial charge >= 0.3 is 0 Å². The van der Waals surface area contributed by atoms with E-state index in [1.54, 1.807) is 0 Å². The van der Waals surface area contributed by atoms with E-state index >= 15 is 0 Å². The van der Waals surface area contributed by atoms with Gasteiger partial charge in [-0.05, 0) is 40.5 Å². The molecule has 9 nitrogen and oxygen atoms in total. The fourth-order valence-electron chi connectivity index (χ4n) is 3.31. The number of hydrogen-bond acceptors (Lipinski definition) is 9. The number of hydrogen-bond donors (Lipinski definition) is 0. The summed E-state index contributed by atoms with van der Waals surface area (Å²) in [5.74, 6) is 2.33. The third-order valence-electron chi connectivity index (χ3n) is 4.97. The van der Waals surface area contributed by atoms with Crippen LogP contribution in [0.2, 0.25) is 0 Å². The van der Waals surface area contributed by atoms with Gasteiger partial charge in [0.15, 0.2) is 0 Å². The molecular weight excluding hydrogens is 386 g/mol. The van der Waals surface area contributed by atoms with Crippen LogP contribution >= 0.6 is 0 Å². The van der Waals surface area contributed by atoms with Crippen LogP contribution in [0.5, 0.6) is 0 Å². The average Bonchev–Trinajstić information content (AvgIpc) is 2.79. The van der Waals surface area contributed by atoms with E-state index in [-0.39, 0.29) is 0 Å². The first-order valence-corrected chi connectivity index (χ1v) is 11.3. The van der Waals surface area contributed by atoms with E-state index in [9.17, 15) is 0 Å². The summed E-state index contributed by atoms with van der Waals surface area (Å²) in [5, 5.41) is 0. The van der Waals surface area contributed by atoms with Crippen LogP contribution in [0.15, 0.2) is 0 Å². The van der Waals surface area contributed by atoms with Crippen LogP contribution in [0.4, 0.5) is 11.9 Å². The Bertz CT molecular complexity index is 532. The second kappa shape index (κ2) is 14.5. The topological polar surface area (TPSA) is 82.1 Å². The largest absolute Gasteiger partial charge is 0.361 e. The van der Waals surface area contributed by atoms with Crippen LogP contribution in [-0.4, -0.2) is 68.3 Å². The maximum Gasteiger partial charge on any atom is 0.234 e. The van der Waals surface area contributed by atoms with Crippen molar-refractivity contribution in [2.45, 2.75) is 65.7 Å². The summed E-state index contributed by atoms with van der Waals surface area (Å²) in [4.78, 5) is 18.2. The minimum atomic E-state index is 0.348. The molecule has 0 atom stereocenters. The number of anilines is 2. The summed E-state index contributed by atoms with van der Waals surface area (Å²) in [5.41, 5.74) is 0. The molecule has 1 aliphatic carbocycles. The smallest absolute Gasteiger partial charge is 0.234 e. The normalized spacial score (nSPS) is 14.8. The summed E-state index contributed by atoms with van der Waals surface area (Å²) in [6, 6.07) is 0. The van der Waals surface area contributed by atoms with Crippen molar-refractivity contribution in [3.05, 3.63) is 5.82 Å². The summed E-state index contributed by atoms with van der Waals surface area (Å²) in [6.07, 6.45) is 5.92. The van der Waals surface area contributed by atoms with Gasteiger partial charge in [0.25, 0.3) is 0 Å². The molecule has 30 heavy (non-hydrogen) atoms. The van der Waals surface area contributed by atoms with Crippen LogP contribution in [0.1, 0.15) is 71.5 Å². The Morgan fingerprint density at radius 3 is 1.40 bits per heavy atom. The number of ether oxygens (including phenoxy) is 4. The van der Waals surface area contributed by atoms with Crippen molar-refractivity contribution < 1.29 is 18.9 Å². The molecule has 0 amide bonds. The van der Waals surface area contributed by atoms with Crippen molar-refractivity contribution in [1.29, 1.82) is 0 Å². The molecule has 1 aliphatic rings.